The number of anilines is 1. The van der Waals surface area contributed by atoms with Gasteiger partial charge in [0.2, 0.25) is 5.95 Å². The van der Waals surface area contributed by atoms with E-state index >= 15 is 0 Å². The standard InChI is InChI=1S/C13H11FN4O/c1-7-2-3-9(11(14)12(7)19)8-4-5-18-10(6-8)16-13(15)17-18/h2-6,19H,1H3,(H2,15,17). The topological polar surface area (TPSA) is 76.4 Å². The molecule has 6 heteroatoms. The van der Waals surface area contributed by atoms with Crippen molar-refractivity contribution in [2.75, 3.05) is 5.73 Å². The van der Waals surface area contributed by atoms with Crippen LogP contribution in [-0.2, 0) is 0 Å². The van der Waals surface area contributed by atoms with Crippen molar-refractivity contribution >= 4 is 11.6 Å². The van der Waals surface area contributed by atoms with Crippen LogP contribution in [0.5, 0.6) is 5.75 Å². The Bertz CT molecular complexity index is 782. The van der Waals surface area contributed by atoms with Gasteiger partial charge < -0.3 is 10.8 Å². The van der Waals surface area contributed by atoms with Crippen molar-refractivity contribution in [1.82, 2.24) is 14.6 Å². The van der Waals surface area contributed by atoms with Gasteiger partial charge in [-0.2, -0.15) is 4.98 Å². The number of aryl methyl sites for hydroxylation is 1. The van der Waals surface area contributed by atoms with E-state index in [9.17, 15) is 9.50 Å². The first-order valence-electron chi connectivity index (χ1n) is 5.66. The Morgan fingerprint density at radius 2 is 2.11 bits per heavy atom. The first-order valence-corrected chi connectivity index (χ1v) is 5.66. The maximum absolute atomic E-state index is 14.0. The minimum Gasteiger partial charge on any atom is -0.505 e. The third-order valence-corrected chi connectivity index (χ3v) is 2.98. The van der Waals surface area contributed by atoms with Gasteiger partial charge in [0.15, 0.2) is 17.2 Å². The van der Waals surface area contributed by atoms with Gasteiger partial charge in [-0.05, 0) is 30.2 Å². The number of pyridine rings is 1. The first-order chi connectivity index (χ1) is 9.06. The number of aromatic hydroxyl groups is 1. The molecule has 0 bridgehead atoms. The molecule has 0 radical (unpaired) electrons. The molecule has 2 heterocycles. The van der Waals surface area contributed by atoms with Crippen LogP contribution in [-0.4, -0.2) is 19.7 Å². The maximum atomic E-state index is 14.0. The van der Waals surface area contributed by atoms with E-state index < -0.39 is 5.82 Å². The summed E-state index contributed by atoms with van der Waals surface area (Å²) >= 11 is 0. The van der Waals surface area contributed by atoms with Crippen LogP contribution in [0.1, 0.15) is 5.56 Å². The number of phenolic OH excluding ortho intramolecular Hbond substituents is 1. The second-order valence-corrected chi connectivity index (χ2v) is 4.28. The quantitative estimate of drug-likeness (QED) is 0.701. The highest BCUT2D eigenvalue weighted by atomic mass is 19.1. The minimum atomic E-state index is -0.642. The van der Waals surface area contributed by atoms with Gasteiger partial charge in [-0.25, -0.2) is 8.91 Å². The second-order valence-electron chi connectivity index (χ2n) is 4.28. The van der Waals surface area contributed by atoms with Crippen LogP contribution >= 0.6 is 0 Å². The highest BCUT2D eigenvalue weighted by Gasteiger charge is 2.12. The Morgan fingerprint density at radius 1 is 1.32 bits per heavy atom. The van der Waals surface area contributed by atoms with Crippen LogP contribution in [0.15, 0.2) is 30.5 Å². The highest BCUT2D eigenvalue weighted by Crippen LogP contribution is 2.31. The molecule has 0 saturated heterocycles. The van der Waals surface area contributed by atoms with Crippen molar-refractivity contribution in [3.63, 3.8) is 0 Å². The number of nitrogens with zero attached hydrogens (tertiary/aromatic N) is 3. The molecule has 3 aromatic rings. The van der Waals surface area contributed by atoms with E-state index in [0.717, 1.165) is 0 Å². The van der Waals surface area contributed by atoms with Crippen LogP contribution in [0, 0.1) is 12.7 Å². The van der Waals surface area contributed by atoms with Gasteiger partial charge in [-0.1, -0.05) is 12.1 Å². The van der Waals surface area contributed by atoms with Crippen LogP contribution in [0.25, 0.3) is 16.8 Å². The molecule has 0 aliphatic heterocycles. The van der Waals surface area contributed by atoms with Crippen molar-refractivity contribution in [2.24, 2.45) is 0 Å². The van der Waals surface area contributed by atoms with E-state index in [1.807, 2.05) is 0 Å². The summed E-state index contributed by atoms with van der Waals surface area (Å²) in [6.45, 7) is 1.64. The van der Waals surface area contributed by atoms with Crippen LogP contribution in [0.2, 0.25) is 0 Å². The molecule has 19 heavy (non-hydrogen) atoms. The number of fused-ring (bicyclic) bond motifs is 1. The van der Waals surface area contributed by atoms with Crippen LogP contribution in [0.3, 0.4) is 0 Å². The summed E-state index contributed by atoms with van der Waals surface area (Å²) in [7, 11) is 0. The number of hydrogen-bond donors (Lipinski definition) is 2. The Hall–Kier alpha value is -2.63. The van der Waals surface area contributed by atoms with Crippen molar-refractivity contribution in [2.45, 2.75) is 6.92 Å². The number of nitrogens with two attached hydrogens (primary N) is 1. The smallest absolute Gasteiger partial charge is 0.240 e. The zero-order valence-electron chi connectivity index (χ0n) is 10.1. The lowest BCUT2D eigenvalue weighted by Crippen LogP contribution is -1.91. The number of hydrogen-bond acceptors (Lipinski definition) is 4. The molecular weight excluding hydrogens is 247 g/mol. The fourth-order valence-corrected chi connectivity index (χ4v) is 1.95. The van der Waals surface area contributed by atoms with Gasteiger partial charge in [0.05, 0.1) is 0 Å². The van der Waals surface area contributed by atoms with Gasteiger partial charge in [0, 0.05) is 11.8 Å². The Morgan fingerprint density at radius 3 is 2.89 bits per heavy atom. The van der Waals surface area contributed by atoms with Gasteiger partial charge in [-0.15, -0.1) is 5.10 Å². The predicted molar refractivity (Wildman–Crippen MR) is 69.2 cm³/mol. The number of phenols is 1. The molecule has 0 fully saturated rings. The summed E-state index contributed by atoms with van der Waals surface area (Å²) in [5.74, 6) is -0.820. The van der Waals surface area contributed by atoms with E-state index in [-0.39, 0.29) is 11.7 Å². The monoisotopic (exact) mass is 258 g/mol. The average molecular weight is 258 g/mol. The summed E-state index contributed by atoms with van der Waals surface area (Å²) in [4.78, 5) is 4.01. The van der Waals surface area contributed by atoms with Crippen LogP contribution in [0.4, 0.5) is 10.3 Å². The zero-order chi connectivity index (χ0) is 13.6. The summed E-state index contributed by atoms with van der Waals surface area (Å²) in [6, 6.07) is 6.64. The van der Waals surface area contributed by atoms with E-state index in [4.69, 9.17) is 5.73 Å². The van der Waals surface area contributed by atoms with Crippen molar-refractivity contribution in [3.05, 3.63) is 41.8 Å². The highest BCUT2D eigenvalue weighted by molar-refractivity contribution is 5.70. The first kappa shape index (κ1) is 11.5. The average Bonchev–Trinajstić information content (AvgIpc) is 2.75. The number of nitrogen functional groups attached to an aromatic ring is 1. The van der Waals surface area contributed by atoms with Gasteiger partial charge >= 0.3 is 0 Å². The molecule has 5 nitrogen and oxygen atoms in total. The number of halogens is 1. The number of aromatic nitrogens is 3. The Balaban J connectivity index is 2.21. The minimum absolute atomic E-state index is 0.157. The van der Waals surface area contributed by atoms with Crippen molar-refractivity contribution < 1.29 is 9.50 Å². The summed E-state index contributed by atoms with van der Waals surface area (Å²) < 4.78 is 15.5. The molecule has 0 aliphatic carbocycles. The molecule has 0 aliphatic rings. The maximum Gasteiger partial charge on any atom is 0.240 e. The van der Waals surface area contributed by atoms with E-state index in [2.05, 4.69) is 10.1 Å². The lowest BCUT2D eigenvalue weighted by molar-refractivity contribution is 0.429. The molecule has 0 spiro atoms. The van der Waals surface area contributed by atoms with Gasteiger partial charge in [0.25, 0.3) is 0 Å². The Labute approximate surface area is 108 Å². The lowest BCUT2D eigenvalue weighted by Gasteiger charge is -2.07. The van der Waals surface area contributed by atoms with Gasteiger partial charge in [-0.3, -0.25) is 0 Å². The van der Waals surface area contributed by atoms with E-state index in [1.165, 1.54) is 4.52 Å². The summed E-state index contributed by atoms with van der Waals surface area (Å²) in [5.41, 5.74) is 7.43. The number of rotatable bonds is 1. The molecule has 3 rings (SSSR count). The van der Waals surface area contributed by atoms with E-state index in [1.54, 1.807) is 37.4 Å². The molecule has 3 N–H and O–H groups in total. The van der Waals surface area contributed by atoms with Gasteiger partial charge in [0.1, 0.15) is 0 Å². The lowest BCUT2D eigenvalue weighted by atomic mass is 10.0. The summed E-state index contributed by atoms with van der Waals surface area (Å²) in [5, 5.41) is 13.6. The SMILES string of the molecule is Cc1ccc(-c2ccn3nc(N)nc3c2)c(F)c1O. The normalized spacial score (nSPS) is 11.1. The molecular formula is C13H11FN4O. The van der Waals surface area contributed by atoms with Crippen LogP contribution < -0.4 is 5.73 Å². The molecule has 1 aromatic carbocycles. The third-order valence-electron chi connectivity index (χ3n) is 2.98. The van der Waals surface area contributed by atoms with Crippen molar-refractivity contribution in [3.8, 4) is 16.9 Å². The summed E-state index contributed by atoms with van der Waals surface area (Å²) in [6.07, 6.45) is 1.64. The zero-order valence-corrected chi connectivity index (χ0v) is 10.1. The Kier molecular flexibility index (Phi) is 2.38. The molecule has 0 atom stereocenters. The second kappa shape index (κ2) is 3.94. The molecule has 2 aromatic heterocycles. The van der Waals surface area contributed by atoms with E-state index in [0.29, 0.717) is 22.3 Å². The fraction of sp³-hybridized carbons (Fsp3) is 0.0769. The molecule has 0 amide bonds. The molecule has 0 unspecified atom stereocenters. The van der Waals surface area contributed by atoms with Crippen molar-refractivity contribution in [1.29, 1.82) is 0 Å². The molecule has 96 valence electrons. The fourth-order valence-electron chi connectivity index (χ4n) is 1.95. The third kappa shape index (κ3) is 1.77. The molecule has 0 saturated carbocycles. The predicted octanol–water partition coefficient (Wildman–Crippen LogP) is 2.13. The largest absolute Gasteiger partial charge is 0.505 e. The number of benzene rings is 1.